The number of rotatable bonds is 5. The van der Waals surface area contributed by atoms with Crippen molar-refractivity contribution in [3.05, 3.63) is 48.5 Å². The van der Waals surface area contributed by atoms with Crippen molar-refractivity contribution in [1.29, 1.82) is 0 Å². The zero-order valence-electron chi connectivity index (χ0n) is 13.4. The number of benzene rings is 1. The van der Waals surface area contributed by atoms with Crippen molar-refractivity contribution in [2.24, 2.45) is 0 Å². The highest BCUT2D eigenvalue weighted by Gasteiger charge is 2.50. The van der Waals surface area contributed by atoms with Gasteiger partial charge in [-0.15, -0.1) is 0 Å². The van der Waals surface area contributed by atoms with Crippen LogP contribution in [0.2, 0.25) is 0 Å². The van der Waals surface area contributed by atoms with E-state index in [1.165, 1.54) is 18.2 Å². The Hall–Kier alpha value is -2.67. The first kappa shape index (κ1) is 16.2. The summed E-state index contributed by atoms with van der Waals surface area (Å²) in [5.41, 5.74) is -0.188. The second kappa shape index (κ2) is 6.45. The number of aliphatic carboxylic acids is 1. The van der Waals surface area contributed by atoms with Crippen molar-refractivity contribution in [3.8, 4) is 5.69 Å². The van der Waals surface area contributed by atoms with E-state index in [0.29, 0.717) is 25.1 Å². The number of para-hydroxylation sites is 1. The Morgan fingerprint density at radius 1 is 1.33 bits per heavy atom. The molecule has 1 N–H and O–H groups in total. The summed E-state index contributed by atoms with van der Waals surface area (Å²) in [6.45, 7) is 0.349. The number of carbonyl (C=O) groups is 2. The zero-order chi connectivity index (χ0) is 17.2. The molecule has 2 aromatic rings. The van der Waals surface area contributed by atoms with E-state index in [9.17, 15) is 14.7 Å². The van der Waals surface area contributed by atoms with Gasteiger partial charge in [0.05, 0.1) is 19.1 Å². The molecule has 126 valence electrons. The van der Waals surface area contributed by atoms with Crippen molar-refractivity contribution in [1.82, 2.24) is 14.5 Å². The van der Waals surface area contributed by atoms with Gasteiger partial charge in [-0.25, -0.2) is 9.78 Å². The number of aromatic nitrogens is 2. The number of ether oxygens (including phenoxy) is 1. The van der Waals surface area contributed by atoms with E-state index in [0.717, 1.165) is 5.69 Å². The molecule has 1 fully saturated rings. The van der Waals surface area contributed by atoms with Crippen molar-refractivity contribution in [2.45, 2.75) is 18.4 Å². The summed E-state index contributed by atoms with van der Waals surface area (Å²) in [4.78, 5) is 30.4. The van der Waals surface area contributed by atoms with Crippen LogP contribution in [0.4, 0.5) is 0 Å². The number of likely N-dealkylation sites (tertiary alicyclic amines) is 1. The highest BCUT2D eigenvalue weighted by Crippen LogP contribution is 2.32. The molecule has 1 aliphatic heterocycles. The van der Waals surface area contributed by atoms with Crippen LogP contribution in [0, 0.1) is 0 Å². The van der Waals surface area contributed by atoms with Gasteiger partial charge in [-0.1, -0.05) is 18.2 Å². The lowest BCUT2D eigenvalue weighted by Crippen LogP contribution is -2.56. The Morgan fingerprint density at radius 2 is 2.08 bits per heavy atom. The average molecular weight is 329 g/mol. The van der Waals surface area contributed by atoms with Crippen molar-refractivity contribution < 1.29 is 19.4 Å². The minimum atomic E-state index is -1.32. The number of carboxylic acid groups (broad SMARTS) is 1. The molecule has 0 bridgehead atoms. The van der Waals surface area contributed by atoms with Gasteiger partial charge in [-0.3, -0.25) is 9.36 Å². The molecule has 0 saturated carbocycles. The van der Waals surface area contributed by atoms with Crippen LogP contribution in [0.1, 0.15) is 23.3 Å². The molecule has 1 aliphatic rings. The third-order valence-corrected chi connectivity index (χ3v) is 4.41. The van der Waals surface area contributed by atoms with Gasteiger partial charge in [0.15, 0.2) is 5.54 Å². The van der Waals surface area contributed by atoms with Crippen LogP contribution >= 0.6 is 0 Å². The molecule has 1 aromatic heterocycles. The molecular weight excluding hydrogens is 310 g/mol. The van der Waals surface area contributed by atoms with Gasteiger partial charge >= 0.3 is 5.97 Å². The molecule has 2 heterocycles. The number of amides is 1. The molecule has 1 unspecified atom stereocenters. The molecule has 1 aromatic carbocycles. The monoisotopic (exact) mass is 329 g/mol. The predicted molar refractivity (Wildman–Crippen MR) is 86.1 cm³/mol. The van der Waals surface area contributed by atoms with Crippen LogP contribution in [0.25, 0.3) is 5.69 Å². The molecule has 1 amide bonds. The van der Waals surface area contributed by atoms with Crippen LogP contribution in [0.5, 0.6) is 0 Å². The maximum Gasteiger partial charge on any atom is 0.332 e. The first-order chi connectivity index (χ1) is 11.6. The second-order valence-corrected chi connectivity index (χ2v) is 5.81. The molecule has 1 atom stereocenters. The lowest BCUT2D eigenvalue weighted by Gasteiger charge is -2.34. The fraction of sp³-hybridized carbons (Fsp3) is 0.353. The first-order valence-electron chi connectivity index (χ1n) is 7.72. The summed E-state index contributed by atoms with van der Waals surface area (Å²) < 4.78 is 6.77. The van der Waals surface area contributed by atoms with E-state index >= 15 is 0 Å². The van der Waals surface area contributed by atoms with Crippen molar-refractivity contribution in [2.75, 3.05) is 20.3 Å². The highest BCUT2D eigenvalue weighted by atomic mass is 16.5. The molecule has 0 spiro atoms. The van der Waals surface area contributed by atoms with Gasteiger partial charge in [0.25, 0.3) is 5.91 Å². The second-order valence-electron chi connectivity index (χ2n) is 5.81. The summed E-state index contributed by atoms with van der Waals surface area (Å²) in [7, 11) is 1.44. The number of hydrogen-bond donors (Lipinski definition) is 1. The van der Waals surface area contributed by atoms with Crippen LogP contribution in [-0.4, -0.2) is 57.2 Å². The Morgan fingerprint density at radius 3 is 2.75 bits per heavy atom. The van der Waals surface area contributed by atoms with Crippen LogP contribution < -0.4 is 0 Å². The van der Waals surface area contributed by atoms with E-state index in [4.69, 9.17) is 4.74 Å². The molecule has 1 saturated heterocycles. The standard InChI is InChI=1S/C17H19N3O4/c1-24-11-17(16(22)23)8-5-9-20(17)15(21)14-10-18-12-19(14)13-6-3-2-4-7-13/h2-4,6-7,10,12H,5,8-9,11H2,1H3,(H,22,23). The maximum absolute atomic E-state index is 13.0. The topological polar surface area (TPSA) is 84.7 Å². The van der Waals surface area contributed by atoms with E-state index < -0.39 is 11.5 Å². The minimum absolute atomic E-state index is 0.0342. The fourth-order valence-electron chi connectivity index (χ4n) is 3.23. The summed E-state index contributed by atoms with van der Waals surface area (Å²) in [6.07, 6.45) is 4.02. The molecule has 24 heavy (non-hydrogen) atoms. The maximum atomic E-state index is 13.0. The number of imidazole rings is 1. The smallest absolute Gasteiger partial charge is 0.332 e. The van der Waals surface area contributed by atoms with Crippen LogP contribution in [0.15, 0.2) is 42.9 Å². The third kappa shape index (κ3) is 2.56. The van der Waals surface area contributed by atoms with E-state index in [-0.39, 0.29) is 12.5 Å². The SMILES string of the molecule is COCC1(C(=O)O)CCCN1C(=O)c1cncn1-c1ccccc1. The Bertz CT molecular complexity index is 743. The van der Waals surface area contributed by atoms with E-state index in [2.05, 4.69) is 4.98 Å². The van der Waals surface area contributed by atoms with Gasteiger partial charge in [-0.05, 0) is 25.0 Å². The summed E-state index contributed by atoms with van der Waals surface area (Å²) >= 11 is 0. The molecule has 3 rings (SSSR count). The number of carbonyl (C=O) groups excluding carboxylic acids is 1. The normalized spacial score (nSPS) is 20.3. The van der Waals surface area contributed by atoms with E-state index in [1.54, 1.807) is 10.9 Å². The number of methoxy groups -OCH3 is 1. The molecular formula is C17H19N3O4. The Kier molecular flexibility index (Phi) is 4.35. The largest absolute Gasteiger partial charge is 0.479 e. The van der Waals surface area contributed by atoms with Gasteiger partial charge in [0.1, 0.15) is 5.69 Å². The fourth-order valence-corrected chi connectivity index (χ4v) is 3.23. The van der Waals surface area contributed by atoms with Crippen molar-refractivity contribution in [3.63, 3.8) is 0 Å². The van der Waals surface area contributed by atoms with Crippen LogP contribution in [0.3, 0.4) is 0 Å². The minimum Gasteiger partial charge on any atom is -0.479 e. The zero-order valence-corrected chi connectivity index (χ0v) is 13.4. The first-order valence-corrected chi connectivity index (χ1v) is 7.72. The number of hydrogen-bond acceptors (Lipinski definition) is 4. The third-order valence-electron chi connectivity index (χ3n) is 4.41. The van der Waals surface area contributed by atoms with Gasteiger partial charge in [0, 0.05) is 19.3 Å². The quantitative estimate of drug-likeness (QED) is 0.900. The Labute approximate surface area is 139 Å². The van der Waals surface area contributed by atoms with E-state index in [1.807, 2.05) is 30.3 Å². The highest BCUT2D eigenvalue weighted by molar-refractivity contribution is 5.97. The van der Waals surface area contributed by atoms with Gasteiger partial charge in [0.2, 0.25) is 0 Å². The molecule has 7 nitrogen and oxygen atoms in total. The van der Waals surface area contributed by atoms with Crippen molar-refractivity contribution >= 4 is 11.9 Å². The number of nitrogens with zero attached hydrogens (tertiary/aromatic N) is 3. The predicted octanol–water partition coefficient (Wildman–Crippen LogP) is 1.58. The summed E-state index contributed by atoms with van der Waals surface area (Å²) in [5.74, 6) is -1.39. The van der Waals surface area contributed by atoms with Crippen LogP contribution in [-0.2, 0) is 9.53 Å². The lowest BCUT2D eigenvalue weighted by atomic mass is 9.97. The lowest BCUT2D eigenvalue weighted by molar-refractivity contribution is -0.151. The molecule has 7 heteroatoms. The number of carboxylic acids is 1. The van der Waals surface area contributed by atoms with Gasteiger partial charge in [-0.2, -0.15) is 0 Å². The summed E-state index contributed by atoms with van der Waals surface area (Å²) in [5, 5.41) is 9.70. The molecule has 0 aliphatic carbocycles. The van der Waals surface area contributed by atoms with Gasteiger partial charge < -0.3 is 14.7 Å². The molecule has 0 radical (unpaired) electrons. The average Bonchev–Trinajstić information content (AvgIpc) is 3.23. The Balaban J connectivity index is 1.98. The summed E-state index contributed by atoms with van der Waals surface area (Å²) in [6, 6.07) is 9.35.